The van der Waals surface area contributed by atoms with Gasteiger partial charge in [0.1, 0.15) is 0 Å². The number of sulfonamides is 1. The lowest BCUT2D eigenvalue weighted by molar-refractivity contribution is 0.574. The van der Waals surface area contributed by atoms with Crippen LogP contribution in [0, 0.1) is 6.92 Å². The molecule has 1 aliphatic heterocycles. The van der Waals surface area contributed by atoms with Crippen molar-refractivity contribution in [3.8, 4) is 0 Å². The number of hydrogen-bond donors (Lipinski definition) is 2. The van der Waals surface area contributed by atoms with Crippen LogP contribution in [0.5, 0.6) is 0 Å². The Bertz CT molecular complexity index is 760. The van der Waals surface area contributed by atoms with Crippen LogP contribution in [0.15, 0.2) is 18.2 Å². The monoisotopic (exact) mass is 361 g/mol. The van der Waals surface area contributed by atoms with Gasteiger partial charge in [0.25, 0.3) is 10.2 Å². The molecule has 0 unspecified atom stereocenters. The standard InChI is InChI=1S/C14H23N3O4S2/c1-3-8-15-23(20,21)16-13-6-7-14(12(2)11-13)17-9-4-5-10-22(17,18)19/h6-7,11,15-16H,3-5,8-10H2,1-2H3. The van der Waals surface area contributed by atoms with Gasteiger partial charge in [-0.15, -0.1) is 0 Å². The highest BCUT2D eigenvalue weighted by molar-refractivity contribution is 7.92. The molecule has 2 N–H and O–H groups in total. The van der Waals surface area contributed by atoms with Crippen molar-refractivity contribution in [3.63, 3.8) is 0 Å². The molecule has 1 saturated heterocycles. The summed E-state index contributed by atoms with van der Waals surface area (Å²) in [5, 5.41) is 0. The van der Waals surface area contributed by atoms with Gasteiger partial charge in [-0.3, -0.25) is 9.03 Å². The van der Waals surface area contributed by atoms with Gasteiger partial charge in [0.15, 0.2) is 0 Å². The summed E-state index contributed by atoms with van der Waals surface area (Å²) < 4.78 is 54.3. The summed E-state index contributed by atoms with van der Waals surface area (Å²) in [7, 11) is -6.88. The maximum atomic E-state index is 12.2. The fourth-order valence-electron chi connectivity index (χ4n) is 2.49. The van der Waals surface area contributed by atoms with E-state index in [0.717, 1.165) is 6.42 Å². The summed E-state index contributed by atoms with van der Waals surface area (Å²) in [6.07, 6.45) is 2.21. The molecule has 1 heterocycles. The van der Waals surface area contributed by atoms with Gasteiger partial charge in [-0.05, 0) is 49.9 Å². The van der Waals surface area contributed by atoms with E-state index >= 15 is 0 Å². The molecule has 0 amide bonds. The average Bonchev–Trinajstić information content (AvgIpc) is 2.45. The highest BCUT2D eigenvalue weighted by Gasteiger charge is 2.27. The lowest BCUT2D eigenvalue weighted by Gasteiger charge is -2.29. The molecular weight excluding hydrogens is 338 g/mol. The molecule has 0 aliphatic carbocycles. The van der Waals surface area contributed by atoms with E-state index in [1.54, 1.807) is 25.1 Å². The first-order valence-electron chi connectivity index (χ1n) is 7.63. The molecule has 1 aliphatic rings. The summed E-state index contributed by atoms with van der Waals surface area (Å²) in [4.78, 5) is 0. The SMILES string of the molecule is CCCNS(=O)(=O)Nc1ccc(N2CCCCS2(=O)=O)c(C)c1. The fraction of sp³-hybridized carbons (Fsp3) is 0.571. The van der Waals surface area contributed by atoms with Crippen LogP contribution in [-0.4, -0.2) is 35.7 Å². The van der Waals surface area contributed by atoms with Gasteiger partial charge in [-0.25, -0.2) is 8.42 Å². The Kier molecular flexibility index (Phi) is 5.53. The Hall–Kier alpha value is -1.32. The molecule has 9 heteroatoms. The van der Waals surface area contributed by atoms with Gasteiger partial charge in [-0.1, -0.05) is 6.92 Å². The predicted molar refractivity (Wildman–Crippen MR) is 92.4 cm³/mol. The molecule has 0 spiro atoms. The molecule has 7 nitrogen and oxygen atoms in total. The first kappa shape index (κ1) is 18.0. The molecule has 0 bridgehead atoms. The summed E-state index contributed by atoms with van der Waals surface area (Å²) >= 11 is 0. The van der Waals surface area contributed by atoms with Crippen LogP contribution in [-0.2, 0) is 20.2 Å². The number of aryl methyl sites for hydroxylation is 1. The Balaban J connectivity index is 2.21. The number of nitrogens with one attached hydrogen (secondary N) is 2. The van der Waals surface area contributed by atoms with Crippen molar-refractivity contribution < 1.29 is 16.8 Å². The van der Waals surface area contributed by atoms with E-state index in [0.29, 0.717) is 42.9 Å². The van der Waals surface area contributed by atoms with Gasteiger partial charge in [0.2, 0.25) is 10.0 Å². The number of rotatable bonds is 6. The molecular formula is C14H23N3O4S2. The third-order valence-corrected chi connectivity index (χ3v) is 6.55. The maximum absolute atomic E-state index is 12.2. The van der Waals surface area contributed by atoms with Crippen LogP contribution in [0.3, 0.4) is 0 Å². The molecule has 0 aromatic heterocycles. The van der Waals surface area contributed by atoms with Gasteiger partial charge in [0, 0.05) is 13.1 Å². The zero-order valence-corrected chi connectivity index (χ0v) is 15.0. The molecule has 0 atom stereocenters. The zero-order valence-electron chi connectivity index (χ0n) is 13.4. The third-order valence-electron chi connectivity index (χ3n) is 3.61. The highest BCUT2D eigenvalue weighted by atomic mass is 32.2. The Morgan fingerprint density at radius 2 is 2.00 bits per heavy atom. The van der Waals surface area contributed by atoms with Crippen LogP contribution in [0.2, 0.25) is 0 Å². The first-order valence-corrected chi connectivity index (χ1v) is 10.7. The molecule has 1 aromatic carbocycles. The largest absolute Gasteiger partial charge is 0.299 e. The summed E-state index contributed by atoms with van der Waals surface area (Å²) in [5.74, 6) is 0.155. The van der Waals surface area contributed by atoms with Crippen molar-refractivity contribution in [1.29, 1.82) is 0 Å². The fourth-order valence-corrected chi connectivity index (χ4v) is 5.17. The van der Waals surface area contributed by atoms with Gasteiger partial charge in [0.05, 0.1) is 17.1 Å². The minimum absolute atomic E-state index is 0.155. The topological polar surface area (TPSA) is 95.6 Å². The van der Waals surface area contributed by atoms with Crippen molar-refractivity contribution in [2.45, 2.75) is 33.1 Å². The third kappa shape index (κ3) is 4.58. The second-order valence-electron chi connectivity index (χ2n) is 5.60. The Morgan fingerprint density at radius 1 is 1.26 bits per heavy atom. The van der Waals surface area contributed by atoms with Crippen molar-refractivity contribution >= 4 is 31.6 Å². The molecule has 23 heavy (non-hydrogen) atoms. The van der Waals surface area contributed by atoms with Crippen LogP contribution < -0.4 is 13.7 Å². The van der Waals surface area contributed by atoms with Crippen molar-refractivity contribution in [3.05, 3.63) is 23.8 Å². The lowest BCUT2D eigenvalue weighted by atomic mass is 10.1. The molecule has 0 radical (unpaired) electrons. The van der Waals surface area contributed by atoms with Gasteiger partial charge in [-0.2, -0.15) is 13.1 Å². The van der Waals surface area contributed by atoms with Gasteiger partial charge < -0.3 is 0 Å². The van der Waals surface area contributed by atoms with Crippen LogP contribution in [0.1, 0.15) is 31.7 Å². The molecule has 130 valence electrons. The van der Waals surface area contributed by atoms with Crippen LogP contribution in [0.25, 0.3) is 0 Å². The minimum Gasteiger partial charge on any atom is -0.271 e. The van der Waals surface area contributed by atoms with E-state index < -0.39 is 20.2 Å². The first-order chi connectivity index (χ1) is 10.7. The molecule has 0 saturated carbocycles. The van der Waals surface area contributed by atoms with Gasteiger partial charge >= 0.3 is 0 Å². The Morgan fingerprint density at radius 3 is 2.61 bits per heavy atom. The molecule has 2 rings (SSSR count). The van der Waals surface area contributed by atoms with Crippen LogP contribution >= 0.6 is 0 Å². The maximum Gasteiger partial charge on any atom is 0.299 e. The molecule has 1 fully saturated rings. The quantitative estimate of drug-likeness (QED) is 0.804. The Labute approximate surface area is 138 Å². The summed E-state index contributed by atoms with van der Waals surface area (Å²) in [5.41, 5.74) is 1.73. The number of hydrogen-bond acceptors (Lipinski definition) is 4. The lowest BCUT2D eigenvalue weighted by Crippen LogP contribution is -2.38. The smallest absolute Gasteiger partial charge is 0.271 e. The van der Waals surface area contributed by atoms with E-state index in [9.17, 15) is 16.8 Å². The predicted octanol–water partition coefficient (Wildman–Crippen LogP) is 1.58. The van der Waals surface area contributed by atoms with Crippen molar-refractivity contribution in [2.24, 2.45) is 0 Å². The van der Waals surface area contributed by atoms with E-state index in [4.69, 9.17) is 0 Å². The van der Waals surface area contributed by atoms with E-state index in [2.05, 4.69) is 9.44 Å². The number of anilines is 2. The summed E-state index contributed by atoms with van der Waals surface area (Å²) in [6, 6.07) is 4.87. The number of nitrogens with zero attached hydrogens (tertiary/aromatic N) is 1. The minimum atomic E-state index is -3.61. The normalized spacial score (nSPS) is 17.9. The van der Waals surface area contributed by atoms with E-state index in [-0.39, 0.29) is 5.75 Å². The van der Waals surface area contributed by atoms with E-state index in [1.165, 1.54) is 4.31 Å². The second-order valence-corrected chi connectivity index (χ2v) is 9.11. The van der Waals surface area contributed by atoms with Crippen LogP contribution in [0.4, 0.5) is 11.4 Å². The summed E-state index contributed by atoms with van der Waals surface area (Å²) in [6.45, 7) is 4.47. The zero-order chi connectivity index (χ0) is 17.1. The molecule has 1 aromatic rings. The van der Waals surface area contributed by atoms with E-state index in [1.807, 2.05) is 6.92 Å². The second kappa shape index (κ2) is 7.06. The van der Waals surface area contributed by atoms with Crippen molar-refractivity contribution in [2.75, 3.05) is 27.9 Å². The van der Waals surface area contributed by atoms with Crippen molar-refractivity contribution in [1.82, 2.24) is 4.72 Å². The number of benzene rings is 1. The highest BCUT2D eigenvalue weighted by Crippen LogP contribution is 2.29. The average molecular weight is 361 g/mol.